The number of halogens is 2. The number of likely N-dealkylation sites (N-methyl/N-ethyl adjacent to an activating group) is 1. The molecule has 1 aliphatic heterocycles. The number of benzene rings is 1. The van der Waals surface area contributed by atoms with Gasteiger partial charge in [-0.25, -0.2) is 0 Å². The fourth-order valence-electron chi connectivity index (χ4n) is 2.70. The molecule has 5 heteroatoms. The molecule has 1 aromatic heterocycles. The lowest BCUT2D eigenvalue weighted by molar-refractivity contribution is 0.266. The molecular weight excluding hydrogens is 293 g/mol. The van der Waals surface area contributed by atoms with Crippen molar-refractivity contribution in [2.45, 2.75) is 19.9 Å². The van der Waals surface area contributed by atoms with Crippen molar-refractivity contribution in [2.75, 3.05) is 13.1 Å². The van der Waals surface area contributed by atoms with Crippen LogP contribution in [0.3, 0.4) is 0 Å². The number of hydrogen-bond acceptors (Lipinski definition) is 3. The molecule has 3 rings (SSSR count). The normalized spacial score (nSPS) is 15.1. The van der Waals surface area contributed by atoms with Crippen molar-refractivity contribution in [1.29, 1.82) is 5.26 Å². The minimum atomic E-state index is 0.432. The fourth-order valence-corrected chi connectivity index (χ4v) is 3.06. The predicted molar refractivity (Wildman–Crippen MR) is 81.1 cm³/mol. The third-order valence-corrected chi connectivity index (χ3v) is 4.64. The largest absolute Gasteiger partial charge is 0.299 e. The average molecular weight is 306 g/mol. The van der Waals surface area contributed by atoms with Crippen LogP contribution in [0.2, 0.25) is 10.0 Å². The second-order valence-corrected chi connectivity index (χ2v) is 5.69. The predicted octanol–water partition coefficient (Wildman–Crippen LogP) is 3.79. The minimum Gasteiger partial charge on any atom is -0.299 e. The number of rotatable bonds is 1. The number of aromatic nitrogens is 1. The summed E-state index contributed by atoms with van der Waals surface area (Å²) < 4.78 is 0. The lowest BCUT2D eigenvalue weighted by Crippen LogP contribution is -2.31. The molecule has 0 spiro atoms. The highest BCUT2D eigenvalue weighted by Crippen LogP contribution is 2.34. The molecule has 0 saturated carbocycles. The Bertz CT molecular complexity index is 734. The van der Waals surface area contributed by atoms with Crippen LogP contribution in [0, 0.1) is 11.3 Å². The van der Waals surface area contributed by atoms with E-state index >= 15 is 0 Å². The van der Waals surface area contributed by atoms with E-state index in [-0.39, 0.29) is 0 Å². The molecule has 0 N–H and O–H groups in total. The van der Waals surface area contributed by atoms with Gasteiger partial charge in [-0.05, 0) is 18.7 Å². The number of pyridine rings is 1. The summed E-state index contributed by atoms with van der Waals surface area (Å²) in [5.74, 6) is 0. The first kappa shape index (κ1) is 13.6. The molecule has 0 aliphatic carbocycles. The van der Waals surface area contributed by atoms with Crippen LogP contribution >= 0.6 is 23.2 Å². The summed E-state index contributed by atoms with van der Waals surface area (Å²) in [6, 6.07) is 5.88. The van der Waals surface area contributed by atoms with Gasteiger partial charge in [-0.15, -0.1) is 0 Å². The van der Waals surface area contributed by atoms with Crippen LogP contribution < -0.4 is 0 Å². The first-order valence-corrected chi connectivity index (χ1v) is 7.33. The molecule has 0 bridgehead atoms. The highest BCUT2D eigenvalue weighted by molar-refractivity contribution is 6.45. The fraction of sp³-hybridized carbons (Fsp3) is 0.333. The van der Waals surface area contributed by atoms with Gasteiger partial charge in [0, 0.05) is 36.2 Å². The van der Waals surface area contributed by atoms with E-state index in [1.54, 1.807) is 6.07 Å². The van der Waals surface area contributed by atoms with Crippen LogP contribution in [0.15, 0.2) is 12.1 Å². The van der Waals surface area contributed by atoms with Crippen LogP contribution in [-0.4, -0.2) is 23.0 Å². The zero-order valence-electron chi connectivity index (χ0n) is 11.1. The molecule has 0 fully saturated rings. The van der Waals surface area contributed by atoms with E-state index < -0.39 is 0 Å². The molecule has 1 aromatic carbocycles. The molecule has 2 heterocycles. The maximum Gasteiger partial charge on any atom is 0.100 e. The number of nitriles is 1. The van der Waals surface area contributed by atoms with Crippen molar-refractivity contribution in [3.63, 3.8) is 0 Å². The van der Waals surface area contributed by atoms with Gasteiger partial charge in [-0.2, -0.15) is 5.26 Å². The molecule has 3 nitrogen and oxygen atoms in total. The first-order chi connectivity index (χ1) is 9.65. The van der Waals surface area contributed by atoms with Gasteiger partial charge in [0.15, 0.2) is 0 Å². The molecule has 20 heavy (non-hydrogen) atoms. The van der Waals surface area contributed by atoms with Gasteiger partial charge in [0.1, 0.15) is 6.07 Å². The van der Waals surface area contributed by atoms with Crippen molar-refractivity contribution in [1.82, 2.24) is 9.88 Å². The van der Waals surface area contributed by atoms with Gasteiger partial charge >= 0.3 is 0 Å². The summed E-state index contributed by atoms with van der Waals surface area (Å²) in [5.41, 5.74) is 3.33. The summed E-state index contributed by atoms with van der Waals surface area (Å²) >= 11 is 12.3. The molecule has 2 aromatic rings. The molecule has 0 atom stereocenters. The van der Waals surface area contributed by atoms with Crippen LogP contribution in [0.5, 0.6) is 0 Å². The van der Waals surface area contributed by atoms with E-state index in [0.717, 1.165) is 42.7 Å². The van der Waals surface area contributed by atoms with E-state index in [9.17, 15) is 5.26 Å². The van der Waals surface area contributed by atoms with Gasteiger partial charge in [0.25, 0.3) is 0 Å². The van der Waals surface area contributed by atoms with E-state index in [1.165, 1.54) is 0 Å². The van der Waals surface area contributed by atoms with E-state index in [4.69, 9.17) is 23.2 Å². The monoisotopic (exact) mass is 305 g/mol. The Balaban J connectivity index is 2.31. The van der Waals surface area contributed by atoms with Gasteiger partial charge in [-0.3, -0.25) is 9.88 Å². The zero-order valence-corrected chi connectivity index (χ0v) is 12.6. The van der Waals surface area contributed by atoms with Crippen molar-refractivity contribution in [3.05, 3.63) is 39.0 Å². The lowest BCUT2D eigenvalue weighted by atomic mass is 9.96. The number of nitrogens with zero attached hydrogens (tertiary/aromatic N) is 3. The summed E-state index contributed by atoms with van der Waals surface area (Å²) in [5, 5.41) is 11.2. The Hall–Kier alpha value is -1.34. The topological polar surface area (TPSA) is 39.9 Å². The van der Waals surface area contributed by atoms with E-state index in [2.05, 4.69) is 22.9 Å². The van der Waals surface area contributed by atoms with Crippen molar-refractivity contribution >= 4 is 34.1 Å². The second kappa shape index (κ2) is 5.21. The maximum absolute atomic E-state index is 9.54. The molecule has 0 amide bonds. The molecule has 0 radical (unpaired) electrons. The first-order valence-electron chi connectivity index (χ1n) is 6.57. The SMILES string of the molecule is CCN1CCc2nc3c(Cl)c(Cl)ccc3c(C#N)c2C1. The van der Waals surface area contributed by atoms with Crippen LogP contribution in [0.4, 0.5) is 0 Å². The Morgan fingerprint density at radius 1 is 1.40 bits per heavy atom. The van der Waals surface area contributed by atoms with Gasteiger partial charge in [0.2, 0.25) is 0 Å². The Labute approximate surface area is 127 Å². The van der Waals surface area contributed by atoms with Gasteiger partial charge in [-0.1, -0.05) is 30.1 Å². The number of hydrogen-bond donors (Lipinski definition) is 0. The highest BCUT2D eigenvalue weighted by Gasteiger charge is 2.22. The zero-order chi connectivity index (χ0) is 14.3. The molecule has 1 aliphatic rings. The van der Waals surface area contributed by atoms with Crippen LogP contribution in [0.1, 0.15) is 23.7 Å². The summed E-state index contributed by atoms with van der Waals surface area (Å²) in [6.07, 6.45) is 0.844. The standard InChI is InChI=1S/C15H13Cl2N3/c1-2-20-6-5-13-11(8-20)10(7-18)9-3-4-12(16)14(17)15(9)19-13/h3-4H,2,5-6,8H2,1H3. The Morgan fingerprint density at radius 2 is 2.20 bits per heavy atom. The average Bonchev–Trinajstić information content (AvgIpc) is 2.48. The van der Waals surface area contributed by atoms with Crippen LogP contribution in [-0.2, 0) is 13.0 Å². The maximum atomic E-state index is 9.54. The highest BCUT2D eigenvalue weighted by atomic mass is 35.5. The Kier molecular flexibility index (Phi) is 3.55. The molecule has 102 valence electrons. The van der Waals surface area contributed by atoms with Gasteiger partial charge < -0.3 is 0 Å². The Morgan fingerprint density at radius 3 is 2.90 bits per heavy atom. The summed E-state index contributed by atoms with van der Waals surface area (Å²) in [7, 11) is 0. The minimum absolute atomic E-state index is 0.432. The molecule has 0 unspecified atom stereocenters. The summed E-state index contributed by atoms with van der Waals surface area (Å²) in [4.78, 5) is 6.97. The second-order valence-electron chi connectivity index (χ2n) is 4.90. The summed E-state index contributed by atoms with van der Waals surface area (Å²) in [6.45, 7) is 4.84. The van der Waals surface area contributed by atoms with Crippen molar-refractivity contribution in [2.24, 2.45) is 0 Å². The third kappa shape index (κ3) is 2.05. The number of fused-ring (bicyclic) bond motifs is 2. The molecule has 0 saturated heterocycles. The van der Waals surface area contributed by atoms with Crippen LogP contribution in [0.25, 0.3) is 10.9 Å². The van der Waals surface area contributed by atoms with Gasteiger partial charge in [0.05, 0.1) is 21.1 Å². The lowest BCUT2D eigenvalue weighted by Gasteiger charge is -2.28. The quantitative estimate of drug-likeness (QED) is 0.804. The van der Waals surface area contributed by atoms with E-state index in [1.807, 2.05) is 6.07 Å². The van der Waals surface area contributed by atoms with E-state index in [0.29, 0.717) is 21.1 Å². The smallest absolute Gasteiger partial charge is 0.100 e. The van der Waals surface area contributed by atoms with Crippen molar-refractivity contribution in [3.8, 4) is 6.07 Å². The third-order valence-electron chi connectivity index (χ3n) is 3.84. The molecular formula is C15H13Cl2N3. The van der Waals surface area contributed by atoms with Crippen molar-refractivity contribution < 1.29 is 0 Å².